The highest BCUT2D eigenvalue weighted by Gasteiger charge is 2.14. The van der Waals surface area contributed by atoms with E-state index in [2.05, 4.69) is 46.6 Å². The summed E-state index contributed by atoms with van der Waals surface area (Å²) in [5.74, 6) is 0. The third-order valence-electron chi connectivity index (χ3n) is 2.95. The van der Waals surface area contributed by atoms with Gasteiger partial charge >= 0.3 is 0 Å². The van der Waals surface area contributed by atoms with Crippen LogP contribution in [0, 0.1) is 6.07 Å². The Labute approximate surface area is 106 Å². The second-order valence-corrected chi connectivity index (χ2v) is 4.53. The smallest absolute Gasteiger partial charge is 0.160 e. The molecule has 3 heteroatoms. The minimum absolute atomic E-state index is 0.325. The fourth-order valence-corrected chi connectivity index (χ4v) is 2.18. The van der Waals surface area contributed by atoms with Gasteiger partial charge in [-0.3, -0.25) is 4.98 Å². The van der Waals surface area contributed by atoms with Gasteiger partial charge < -0.3 is 4.57 Å². The van der Waals surface area contributed by atoms with Gasteiger partial charge in [-0.1, -0.05) is 30.3 Å². The van der Waals surface area contributed by atoms with Crippen molar-refractivity contribution in [3.63, 3.8) is 0 Å². The summed E-state index contributed by atoms with van der Waals surface area (Å²) in [7, 11) is 0. The van der Waals surface area contributed by atoms with E-state index in [9.17, 15) is 0 Å². The molecular formula is C15H14N3. The fraction of sp³-hybridized carbons (Fsp3) is 0.200. The van der Waals surface area contributed by atoms with Crippen molar-refractivity contribution in [3.05, 3.63) is 48.8 Å². The van der Waals surface area contributed by atoms with Crippen molar-refractivity contribution in [2.24, 2.45) is 0 Å². The average Bonchev–Trinajstić information content (AvgIpc) is 2.79. The molecule has 18 heavy (non-hydrogen) atoms. The summed E-state index contributed by atoms with van der Waals surface area (Å²) in [6.45, 7) is 4.29. The highest BCUT2D eigenvalue weighted by Crippen LogP contribution is 2.28. The molecule has 0 N–H and O–H groups in total. The van der Waals surface area contributed by atoms with E-state index in [0.717, 1.165) is 22.4 Å². The Hall–Kier alpha value is -2.16. The van der Waals surface area contributed by atoms with Crippen molar-refractivity contribution in [2.45, 2.75) is 19.9 Å². The van der Waals surface area contributed by atoms with E-state index < -0.39 is 0 Å². The Kier molecular flexibility index (Phi) is 2.59. The lowest BCUT2D eigenvalue weighted by Crippen LogP contribution is -2.03. The van der Waals surface area contributed by atoms with E-state index in [-0.39, 0.29) is 0 Å². The highest BCUT2D eigenvalue weighted by atomic mass is 15.1. The number of nitrogens with zero attached hydrogens (tertiary/aromatic N) is 3. The quantitative estimate of drug-likeness (QED) is 0.682. The summed E-state index contributed by atoms with van der Waals surface area (Å²) in [5.41, 5.74) is 3.91. The van der Waals surface area contributed by atoms with E-state index in [1.165, 1.54) is 0 Å². The van der Waals surface area contributed by atoms with Crippen molar-refractivity contribution >= 4 is 11.2 Å². The van der Waals surface area contributed by atoms with E-state index in [1.807, 2.05) is 18.2 Å². The second-order valence-electron chi connectivity index (χ2n) is 4.53. The molecular weight excluding hydrogens is 222 g/mol. The number of rotatable bonds is 2. The molecule has 2 aromatic heterocycles. The summed E-state index contributed by atoms with van der Waals surface area (Å²) in [4.78, 5) is 8.75. The van der Waals surface area contributed by atoms with Gasteiger partial charge in [-0.05, 0) is 19.4 Å². The summed E-state index contributed by atoms with van der Waals surface area (Å²) < 4.78 is 2.18. The molecule has 0 aliphatic heterocycles. The largest absolute Gasteiger partial charge is 0.321 e. The van der Waals surface area contributed by atoms with Crippen LogP contribution in [0.1, 0.15) is 19.9 Å². The summed E-state index contributed by atoms with van der Waals surface area (Å²) in [5, 5.41) is 0. The Morgan fingerprint density at radius 2 is 1.78 bits per heavy atom. The van der Waals surface area contributed by atoms with Crippen LogP contribution in [0.4, 0.5) is 0 Å². The van der Waals surface area contributed by atoms with Crippen molar-refractivity contribution < 1.29 is 0 Å². The molecule has 1 radical (unpaired) electrons. The Bertz CT molecular complexity index is 669. The number of aromatic nitrogens is 3. The standard InChI is InChI=1S/C15H14N3/c1-11(2)18-14(12-6-4-3-5-7-12)10-13-15(18)17-9-8-16-13/h3-9,11H,1-2H3. The van der Waals surface area contributed by atoms with Gasteiger partial charge in [0.15, 0.2) is 5.65 Å². The van der Waals surface area contributed by atoms with Crippen molar-refractivity contribution in [3.8, 4) is 11.3 Å². The van der Waals surface area contributed by atoms with Crippen LogP contribution in [-0.4, -0.2) is 14.5 Å². The molecule has 0 saturated carbocycles. The predicted molar refractivity (Wildman–Crippen MR) is 72.2 cm³/mol. The molecule has 1 aromatic carbocycles. The maximum atomic E-state index is 4.42. The maximum Gasteiger partial charge on any atom is 0.160 e. The van der Waals surface area contributed by atoms with Gasteiger partial charge in [-0.25, -0.2) is 4.98 Å². The normalized spacial score (nSPS) is 11.3. The van der Waals surface area contributed by atoms with Gasteiger partial charge in [0.1, 0.15) is 5.52 Å². The first-order valence-corrected chi connectivity index (χ1v) is 6.07. The molecule has 0 fully saturated rings. The van der Waals surface area contributed by atoms with Crippen LogP contribution in [0.2, 0.25) is 0 Å². The first-order valence-electron chi connectivity index (χ1n) is 6.07. The number of benzene rings is 1. The minimum atomic E-state index is 0.325. The van der Waals surface area contributed by atoms with Gasteiger partial charge in [0.2, 0.25) is 0 Å². The van der Waals surface area contributed by atoms with E-state index >= 15 is 0 Å². The van der Waals surface area contributed by atoms with Gasteiger partial charge in [-0.2, -0.15) is 0 Å². The average molecular weight is 236 g/mol. The molecule has 0 aliphatic carbocycles. The van der Waals surface area contributed by atoms with Crippen LogP contribution < -0.4 is 0 Å². The molecule has 0 amide bonds. The zero-order chi connectivity index (χ0) is 12.5. The number of fused-ring (bicyclic) bond motifs is 1. The van der Waals surface area contributed by atoms with Crippen LogP contribution in [-0.2, 0) is 0 Å². The van der Waals surface area contributed by atoms with Crippen LogP contribution in [0.5, 0.6) is 0 Å². The molecule has 0 aliphatic rings. The molecule has 0 bridgehead atoms. The van der Waals surface area contributed by atoms with Gasteiger partial charge in [0.25, 0.3) is 0 Å². The molecule has 2 heterocycles. The number of hydrogen-bond donors (Lipinski definition) is 0. The Morgan fingerprint density at radius 3 is 2.50 bits per heavy atom. The Morgan fingerprint density at radius 1 is 1.06 bits per heavy atom. The highest BCUT2D eigenvalue weighted by molar-refractivity contribution is 5.80. The zero-order valence-corrected chi connectivity index (χ0v) is 10.5. The van der Waals surface area contributed by atoms with Gasteiger partial charge in [-0.15, -0.1) is 0 Å². The lowest BCUT2D eigenvalue weighted by molar-refractivity contribution is 0.623. The summed E-state index contributed by atoms with van der Waals surface area (Å²) in [6.07, 6.45) is 3.43. The molecule has 3 aromatic rings. The van der Waals surface area contributed by atoms with Crippen LogP contribution in [0.3, 0.4) is 0 Å². The van der Waals surface area contributed by atoms with Gasteiger partial charge in [0, 0.05) is 24.5 Å². The summed E-state index contributed by atoms with van der Waals surface area (Å²) >= 11 is 0. The third-order valence-corrected chi connectivity index (χ3v) is 2.95. The second kappa shape index (κ2) is 4.26. The van der Waals surface area contributed by atoms with Crippen molar-refractivity contribution in [1.29, 1.82) is 0 Å². The lowest BCUT2D eigenvalue weighted by Gasteiger charge is -2.13. The molecule has 0 atom stereocenters. The minimum Gasteiger partial charge on any atom is -0.321 e. The van der Waals surface area contributed by atoms with Crippen LogP contribution in [0.15, 0.2) is 42.7 Å². The SMILES string of the molecule is CC(C)n1c(-c2ccccc2)[c]c2nccnc21. The van der Waals surface area contributed by atoms with Crippen molar-refractivity contribution in [2.75, 3.05) is 0 Å². The molecule has 89 valence electrons. The molecule has 0 spiro atoms. The van der Waals surface area contributed by atoms with E-state index in [4.69, 9.17) is 0 Å². The van der Waals surface area contributed by atoms with Crippen molar-refractivity contribution in [1.82, 2.24) is 14.5 Å². The molecule has 3 rings (SSSR count). The van der Waals surface area contributed by atoms with Gasteiger partial charge in [0.05, 0.1) is 5.69 Å². The topological polar surface area (TPSA) is 30.7 Å². The van der Waals surface area contributed by atoms with E-state index in [0.29, 0.717) is 6.04 Å². The fourth-order valence-electron chi connectivity index (χ4n) is 2.18. The van der Waals surface area contributed by atoms with Crippen LogP contribution >= 0.6 is 0 Å². The first-order chi connectivity index (χ1) is 8.77. The Balaban J connectivity index is 2.32. The van der Waals surface area contributed by atoms with Crippen LogP contribution in [0.25, 0.3) is 22.4 Å². The number of hydrogen-bond acceptors (Lipinski definition) is 2. The zero-order valence-electron chi connectivity index (χ0n) is 10.5. The predicted octanol–water partition coefficient (Wildman–Crippen LogP) is 3.48. The first kappa shape index (κ1) is 11.0. The maximum absolute atomic E-state index is 4.42. The van der Waals surface area contributed by atoms with E-state index in [1.54, 1.807) is 12.4 Å². The molecule has 3 nitrogen and oxygen atoms in total. The molecule has 0 saturated heterocycles. The lowest BCUT2D eigenvalue weighted by atomic mass is 10.1. The summed E-state index contributed by atoms with van der Waals surface area (Å²) in [6, 6.07) is 13.9. The third kappa shape index (κ3) is 1.68. The monoisotopic (exact) mass is 236 g/mol. The molecule has 0 unspecified atom stereocenters.